The van der Waals surface area contributed by atoms with Gasteiger partial charge in [-0.3, -0.25) is 0 Å². The zero-order chi connectivity index (χ0) is 24.3. The van der Waals surface area contributed by atoms with E-state index < -0.39 is 12.1 Å². The highest BCUT2D eigenvalue weighted by Gasteiger charge is 2.23. The van der Waals surface area contributed by atoms with Crippen LogP contribution >= 0.6 is 0 Å². The Bertz CT molecular complexity index is 1120. The molecule has 0 fully saturated rings. The van der Waals surface area contributed by atoms with Gasteiger partial charge in [-0.05, 0) is 84.9 Å². The first-order chi connectivity index (χ1) is 15.5. The summed E-state index contributed by atoms with van der Waals surface area (Å²) in [5.41, 5.74) is 4.93. The molecule has 0 radical (unpaired) electrons. The van der Waals surface area contributed by atoms with E-state index in [1.807, 2.05) is 40.7 Å². The second-order valence-electron chi connectivity index (χ2n) is 10.1. The third-order valence-corrected chi connectivity index (χ3v) is 6.42. The van der Waals surface area contributed by atoms with Gasteiger partial charge in [0.25, 0.3) is 0 Å². The van der Waals surface area contributed by atoms with E-state index in [4.69, 9.17) is 9.15 Å². The molecule has 5 heteroatoms. The summed E-state index contributed by atoms with van der Waals surface area (Å²) in [7, 11) is 0. The van der Waals surface area contributed by atoms with Gasteiger partial charge >= 0.3 is 5.97 Å². The number of hydrogen-bond acceptors (Lipinski definition) is 4. The van der Waals surface area contributed by atoms with E-state index in [2.05, 4.69) is 31.2 Å². The van der Waals surface area contributed by atoms with Gasteiger partial charge in [-0.2, -0.15) is 0 Å². The van der Waals surface area contributed by atoms with Crippen LogP contribution in [0.4, 0.5) is 0 Å². The van der Waals surface area contributed by atoms with Gasteiger partial charge in [0.05, 0.1) is 6.10 Å². The fraction of sp³-hybridized carbons (Fsp3) is 0.464. The molecular weight excluding hydrogens is 416 g/mol. The molecule has 0 aliphatic heterocycles. The Kier molecular flexibility index (Phi) is 7.53. The summed E-state index contributed by atoms with van der Waals surface area (Å²) in [6.45, 7) is 12.5. The minimum atomic E-state index is -1.05. The molecule has 0 saturated heterocycles. The van der Waals surface area contributed by atoms with Crippen LogP contribution in [0.1, 0.15) is 79.3 Å². The maximum absolute atomic E-state index is 11.3. The van der Waals surface area contributed by atoms with Crippen molar-refractivity contribution in [2.75, 3.05) is 6.61 Å². The highest BCUT2D eigenvalue weighted by Crippen LogP contribution is 2.32. The number of carboxylic acid groups (broad SMARTS) is 1. The molecule has 2 N–H and O–H groups in total. The van der Waals surface area contributed by atoms with Crippen molar-refractivity contribution in [3.05, 3.63) is 64.4 Å². The molecule has 2 atom stereocenters. The van der Waals surface area contributed by atoms with Gasteiger partial charge in [0, 0.05) is 5.39 Å². The molecular formula is C28H36O5. The Balaban J connectivity index is 1.69. The minimum absolute atomic E-state index is 0.0221. The normalized spacial score (nSPS) is 13.8. The van der Waals surface area contributed by atoms with E-state index in [0.29, 0.717) is 11.5 Å². The molecule has 2 unspecified atom stereocenters. The quantitative estimate of drug-likeness (QED) is 0.379. The lowest BCUT2D eigenvalue weighted by Gasteiger charge is -2.26. The van der Waals surface area contributed by atoms with Crippen molar-refractivity contribution in [3.8, 4) is 5.75 Å². The number of hydrogen-bond donors (Lipinski definition) is 2. The van der Waals surface area contributed by atoms with Crippen molar-refractivity contribution in [1.29, 1.82) is 0 Å². The Labute approximate surface area is 196 Å². The van der Waals surface area contributed by atoms with E-state index in [1.165, 1.54) is 11.1 Å². The molecule has 2 aromatic carbocycles. The highest BCUT2D eigenvalue weighted by atomic mass is 16.5. The standard InChI is InChI=1S/C28H36O5/c1-7-20(21-13-18(3)26-22(14-21)15-24(33-26)27(30)31)10-8-19-9-11-23(17(2)12-19)32-16-25(29)28(4,5)6/h9,11-15,20,25,29H,7-8,10,16H2,1-6H3,(H,30,31). The summed E-state index contributed by atoms with van der Waals surface area (Å²) in [5.74, 6) is 0.111. The lowest BCUT2D eigenvalue weighted by molar-refractivity contribution is 0.0216. The second-order valence-corrected chi connectivity index (χ2v) is 10.1. The zero-order valence-corrected chi connectivity index (χ0v) is 20.6. The smallest absolute Gasteiger partial charge is 0.371 e. The molecule has 3 aromatic rings. The van der Waals surface area contributed by atoms with Gasteiger partial charge in [0.1, 0.15) is 17.9 Å². The number of benzene rings is 2. The van der Waals surface area contributed by atoms with Crippen LogP contribution in [-0.2, 0) is 6.42 Å². The first-order valence-electron chi connectivity index (χ1n) is 11.7. The summed E-state index contributed by atoms with van der Waals surface area (Å²) >= 11 is 0. The van der Waals surface area contributed by atoms with Crippen LogP contribution in [0, 0.1) is 19.3 Å². The van der Waals surface area contributed by atoms with Crippen molar-refractivity contribution >= 4 is 16.9 Å². The van der Waals surface area contributed by atoms with Crippen LogP contribution in [-0.4, -0.2) is 28.9 Å². The number of aryl methyl sites for hydroxylation is 3. The molecule has 0 amide bonds. The van der Waals surface area contributed by atoms with Crippen LogP contribution in [0.15, 0.2) is 40.8 Å². The number of aliphatic hydroxyl groups is 1. The molecule has 0 bridgehead atoms. The second kappa shape index (κ2) is 10.0. The summed E-state index contributed by atoms with van der Waals surface area (Å²) in [5, 5.41) is 20.3. The van der Waals surface area contributed by atoms with Gasteiger partial charge in [-0.25, -0.2) is 4.79 Å². The van der Waals surface area contributed by atoms with E-state index in [9.17, 15) is 15.0 Å². The van der Waals surface area contributed by atoms with Crippen LogP contribution in [0.5, 0.6) is 5.75 Å². The average molecular weight is 453 g/mol. The molecule has 0 spiro atoms. The van der Waals surface area contributed by atoms with Gasteiger partial charge in [-0.15, -0.1) is 0 Å². The van der Waals surface area contributed by atoms with Crippen molar-refractivity contribution in [1.82, 2.24) is 0 Å². The third kappa shape index (κ3) is 5.97. The predicted molar refractivity (Wildman–Crippen MR) is 131 cm³/mol. The molecule has 1 aromatic heterocycles. The topological polar surface area (TPSA) is 79.9 Å². The molecule has 0 aliphatic rings. The lowest BCUT2D eigenvalue weighted by Crippen LogP contribution is -2.32. The Morgan fingerprint density at radius 3 is 2.42 bits per heavy atom. The molecule has 178 valence electrons. The minimum Gasteiger partial charge on any atom is -0.491 e. The average Bonchev–Trinajstić information content (AvgIpc) is 3.18. The fourth-order valence-electron chi connectivity index (χ4n) is 4.09. The molecule has 3 rings (SSSR count). The van der Waals surface area contributed by atoms with Crippen LogP contribution in [0.3, 0.4) is 0 Å². The molecule has 0 saturated carbocycles. The van der Waals surface area contributed by atoms with Crippen molar-refractivity contribution in [3.63, 3.8) is 0 Å². The predicted octanol–water partition coefficient (Wildman–Crippen LogP) is 6.66. The van der Waals surface area contributed by atoms with E-state index >= 15 is 0 Å². The monoisotopic (exact) mass is 452 g/mol. The summed E-state index contributed by atoms with van der Waals surface area (Å²) in [6, 6.07) is 12.1. The maximum Gasteiger partial charge on any atom is 0.371 e. The molecule has 33 heavy (non-hydrogen) atoms. The first-order valence-corrected chi connectivity index (χ1v) is 11.7. The van der Waals surface area contributed by atoms with Crippen molar-refractivity contribution in [2.45, 2.75) is 72.8 Å². The third-order valence-electron chi connectivity index (χ3n) is 6.42. The van der Waals surface area contributed by atoms with Crippen LogP contribution in [0.25, 0.3) is 11.0 Å². The number of aliphatic hydroxyl groups excluding tert-OH is 1. The number of carbonyl (C=O) groups is 1. The summed E-state index contributed by atoms with van der Waals surface area (Å²) in [4.78, 5) is 11.3. The Morgan fingerprint density at radius 2 is 1.82 bits per heavy atom. The number of fused-ring (bicyclic) bond motifs is 1. The maximum atomic E-state index is 11.3. The first kappa shape index (κ1) is 24.8. The van der Waals surface area contributed by atoms with Gasteiger partial charge in [0.15, 0.2) is 0 Å². The number of rotatable bonds is 9. The number of carboxylic acids is 1. The van der Waals surface area contributed by atoms with Gasteiger partial charge in [-0.1, -0.05) is 45.9 Å². The van der Waals surface area contributed by atoms with Gasteiger partial charge < -0.3 is 19.4 Å². The number of furan rings is 1. The molecule has 1 heterocycles. The van der Waals surface area contributed by atoms with Crippen LogP contribution < -0.4 is 4.74 Å². The Morgan fingerprint density at radius 1 is 1.09 bits per heavy atom. The van der Waals surface area contributed by atoms with E-state index in [1.54, 1.807) is 6.07 Å². The largest absolute Gasteiger partial charge is 0.491 e. The van der Waals surface area contributed by atoms with Crippen molar-refractivity contribution < 1.29 is 24.2 Å². The number of ether oxygens (including phenoxy) is 1. The fourth-order valence-corrected chi connectivity index (χ4v) is 4.09. The lowest BCUT2D eigenvalue weighted by atomic mass is 9.88. The van der Waals surface area contributed by atoms with E-state index in [0.717, 1.165) is 41.5 Å². The van der Waals surface area contributed by atoms with Crippen molar-refractivity contribution in [2.24, 2.45) is 5.41 Å². The zero-order valence-electron chi connectivity index (χ0n) is 20.6. The van der Waals surface area contributed by atoms with Gasteiger partial charge in [0.2, 0.25) is 5.76 Å². The summed E-state index contributed by atoms with van der Waals surface area (Å²) < 4.78 is 11.4. The summed E-state index contributed by atoms with van der Waals surface area (Å²) in [6.07, 6.45) is 2.41. The highest BCUT2D eigenvalue weighted by molar-refractivity contribution is 5.92. The molecule has 5 nitrogen and oxygen atoms in total. The number of aromatic carboxylic acids is 1. The van der Waals surface area contributed by atoms with E-state index in [-0.39, 0.29) is 17.8 Å². The SMILES string of the molecule is CCC(CCc1ccc(OCC(O)C(C)(C)C)c(C)c1)c1cc(C)c2oc(C(=O)O)cc2c1. The Hall–Kier alpha value is -2.79. The van der Waals surface area contributed by atoms with Crippen LogP contribution in [0.2, 0.25) is 0 Å². The molecule has 0 aliphatic carbocycles.